The van der Waals surface area contributed by atoms with Gasteiger partial charge in [0.2, 0.25) is 11.8 Å². The first-order chi connectivity index (χ1) is 13.4. The van der Waals surface area contributed by atoms with Crippen LogP contribution in [-0.2, 0) is 9.59 Å². The van der Waals surface area contributed by atoms with Gasteiger partial charge in [-0.25, -0.2) is 0 Å². The predicted octanol–water partition coefficient (Wildman–Crippen LogP) is 4.43. The van der Waals surface area contributed by atoms with E-state index in [2.05, 4.69) is 50.2 Å². The Hall–Kier alpha value is -1.88. The maximum atomic E-state index is 12.6. The van der Waals surface area contributed by atoms with Gasteiger partial charge in [-0.1, -0.05) is 39.0 Å². The summed E-state index contributed by atoms with van der Waals surface area (Å²) in [6.07, 6.45) is 3.54. The molecule has 5 nitrogen and oxygen atoms in total. The SMILES string of the molecule is Cc1cccc(C)c1NC(=O)CN(CCC(=O)NC(C)(C)CC(C)(C)C)C1CC1. The topological polar surface area (TPSA) is 61.4 Å². The highest BCUT2D eigenvalue weighted by Gasteiger charge is 2.31. The van der Waals surface area contributed by atoms with E-state index >= 15 is 0 Å². The van der Waals surface area contributed by atoms with Crippen molar-refractivity contribution in [2.24, 2.45) is 5.41 Å². The van der Waals surface area contributed by atoms with E-state index < -0.39 is 0 Å². The molecule has 1 saturated carbocycles. The van der Waals surface area contributed by atoms with E-state index in [1.165, 1.54) is 0 Å². The number of aryl methyl sites for hydroxylation is 2. The van der Waals surface area contributed by atoms with Crippen LogP contribution in [0.15, 0.2) is 18.2 Å². The van der Waals surface area contributed by atoms with Crippen molar-refractivity contribution in [1.82, 2.24) is 10.2 Å². The lowest BCUT2D eigenvalue weighted by Gasteiger charge is -2.33. The molecule has 0 saturated heterocycles. The minimum Gasteiger partial charge on any atom is -0.351 e. The van der Waals surface area contributed by atoms with Gasteiger partial charge in [-0.2, -0.15) is 0 Å². The first-order valence-electron chi connectivity index (χ1n) is 10.8. The van der Waals surface area contributed by atoms with Crippen LogP contribution >= 0.6 is 0 Å². The summed E-state index contributed by atoms with van der Waals surface area (Å²) in [6.45, 7) is 15.7. The zero-order chi connectivity index (χ0) is 21.8. The quantitative estimate of drug-likeness (QED) is 0.643. The molecule has 1 aromatic carbocycles. The van der Waals surface area contributed by atoms with E-state index in [1.54, 1.807) is 0 Å². The summed E-state index contributed by atoms with van der Waals surface area (Å²) in [5.74, 6) is 0.0443. The van der Waals surface area contributed by atoms with Gasteiger partial charge >= 0.3 is 0 Å². The molecule has 0 aromatic heterocycles. The Bertz CT molecular complexity index is 710. The van der Waals surface area contributed by atoms with Crippen molar-refractivity contribution in [2.45, 2.75) is 85.7 Å². The first-order valence-corrected chi connectivity index (χ1v) is 10.8. The number of nitrogens with one attached hydrogen (secondary N) is 2. The van der Waals surface area contributed by atoms with Crippen LogP contribution in [0.2, 0.25) is 0 Å². The second-order valence-corrected chi connectivity index (χ2v) is 10.4. The lowest BCUT2D eigenvalue weighted by molar-refractivity contribution is -0.124. The minimum atomic E-state index is -0.237. The van der Waals surface area contributed by atoms with Crippen molar-refractivity contribution in [1.29, 1.82) is 0 Å². The Morgan fingerprint density at radius 1 is 1.03 bits per heavy atom. The third kappa shape index (κ3) is 8.17. The number of carbonyl (C=O) groups excluding carboxylic acids is 2. The van der Waals surface area contributed by atoms with E-state index in [0.29, 0.717) is 25.6 Å². The number of amides is 2. The van der Waals surface area contributed by atoms with Crippen molar-refractivity contribution >= 4 is 17.5 Å². The lowest BCUT2D eigenvalue weighted by atomic mass is 9.82. The number of benzene rings is 1. The fourth-order valence-corrected chi connectivity index (χ4v) is 4.26. The fraction of sp³-hybridized carbons (Fsp3) is 0.667. The summed E-state index contributed by atoms with van der Waals surface area (Å²) < 4.78 is 0. The first kappa shape index (κ1) is 23.4. The second kappa shape index (κ2) is 9.29. The van der Waals surface area contributed by atoms with Crippen molar-refractivity contribution in [2.75, 3.05) is 18.4 Å². The highest BCUT2D eigenvalue weighted by molar-refractivity contribution is 5.93. The van der Waals surface area contributed by atoms with E-state index in [0.717, 1.165) is 36.1 Å². The molecule has 29 heavy (non-hydrogen) atoms. The average Bonchev–Trinajstić information content (AvgIpc) is 3.37. The Labute approximate surface area is 176 Å². The maximum absolute atomic E-state index is 12.6. The fourth-order valence-electron chi connectivity index (χ4n) is 4.26. The molecule has 5 heteroatoms. The minimum absolute atomic E-state index is 0.0113. The number of hydrogen-bond acceptors (Lipinski definition) is 3. The van der Waals surface area contributed by atoms with Crippen molar-refractivity contribution in [3.63, 3.8) is 0 Å². The Morgan fingerprint density at radius 3 is 2.14 bits per heavy atom. The average molecular weight is 402 g/mol. The van der Waals surface area contributed by atoms with Crippen LogP contribution in [0, 0.1) is 19.3 Å². The van der Waals surface area contributed by atoms with Gasteiger partial charge in [0.1, 0.15) is 0 Å². The summed E-state index contributed by atoms with van der Waals surface area (Å²) >= 11 is 0. The maximum Gasteiger partial charge on any atom is 0.238 e. The summed E-state index contributed by atoms with van der Waals surface area (Å²) in [4.78, 5) is 27.3. The summed E-state index contributed by atoms with van der Waals surface area (Å²) in [5.41, 5.74) is 2.95. The van der Waals surface area contributed by atoms with Gasteiger partial charge in [0.15, 0.2) is 0 Å². The molecule has 1 fully saturated rings. The van der Waals surface area contributed by atoms with Gasteiger partial charge in [-0.15, -0.1) is 0 Å². The highest BCUT2D eigenvalue weighted by atomic mass is 16.2. The third-order valence-corrected chi connectivity index (χ3v) is 5.23. The molecule has 1 aliphatic carbocycles. The molecule has 2 amide bonds. The Kier molecular flexibility index (Phi) is 7.50. The molecule has 0 aliphatic heterocycles. The van der Waals surface area contributed by atoms with Gasteiger partial charge in [0.05, 0.1) is 6.54 Å². The number of hydrogen-bond donors (Lipinski definition) is 2. The molecule has 0 heterocycles. The molecule has 0 radical (unpaired) electrons. The molecule has 2 rings (SSSR count). The van der Waals surface area contributed by atoms with Gasteiger partial charge in [0, 0.05) is 30.2 Å². The highest BCUT2D eigenvalue weighted by Crippen LogP contribution is 2.28. The van der Waals surface area contributed by atoms with Crippen molar-refractivity contribution < 1.29 is 9.59 Å². The third-order valence-electron chi connectivity index (χ3n) is 5.23. The summed E-state index contributed by atoms with van der Waals surface area (Å²) in [6, 6.07) is 6.43. The van der Waals surface area contributed by atoms with Crippen molar-refractivity contribution in [3.8, 4) is 0 Å². The zero-order valence-corrected chi connectivity index (χ0v) is 19.3. The molecule has 0 spiro atoms. The van der Waals surface area contributed by atoms with Crippen molar-refractivity contribution in [3.05, 3.63) is 29.3 Å². The molecule has 1 aliphatic rings. The standard InChI is InChI=1S/C24H39N3O2/c1-17-9-8-10-18(2)22(17)25-21(29)15-27(19-11-12-19)14-13-20(28)26-24(6,7)16-23(3,4)5/h8-10,19H,11-16H2,1-7H3,(H,25,29)(H,26,28). The van der Waals surface area contributed by atoms with E-state index in [-0.39, 0.29) is 22.8 Å². The number of carbonyl (C=O) groups is 2. The monoisotopic (exact) mass is 401 g/mol. The van der Waals surface area contributed by atoms with Gasteiger partial charge < -0.3 is 10.6 Å². The molecule has 0 atom stereocenters. The lowest BCUT2D eigenvalue weighted by Crippen LogP contribution is -2.47. The molecule has 0 unspecified atom stereocenters. The normalized spacial score (nSPS) is 14.8. The van der Waals surface area contributed by atoms with Crippen LogP contribution in [0.5, 0.6) is 0 Å². The van der Waals surface area contributed by atoms with Gasteiger partial charge in [-0.05, 0) is 63.5 Å². The van der Waals surface area contributed by atoms with E-state index in [1.807, 2.05) is 32.0 Å². The predicted molar refractivity (Wildman–Crippen MR) is 120 cm³/mol. The molecule has 162 valence electrons. The van der Waals surface area contributed by atoms with Gasteiger partial charge in [-0.3, -0.25) is 14.5 Å². The van der Waals surface area contributed by atoms with E-state index in [9.17, 15) is 9.59 Å². The van der Waals surface area contributed by atoms with Crippen LogP contribution in [0.25, 0.3) is 0 Å². The number of para-hydroxylation sites is 1. The molecule has 0 bridgehead atoms. The molecular formula is C24H39N3O2. The number of rotatable bonds is 9. The summed E-state index contributed by atoms with van der Waals surface area (Å²) in [7, 11) is 0. The van der Waals surface area contributed by atoms with Crippen LogP contribution in [0.3, 0.4) is 0 Å². The van der Waals surface area contributed by atoms with E-state index in [4.69, 9.17) is 0 Å². The molecule has 1 aromatic rings. The number of nitrogens with zero attached hydrogens (tertiary/aromatic N) is 1. The van der Waals surface area contributed by atoms with Crippen LogP contribution < -0.4 is 10.6 Å². The zero-order valence-electron chi connectivity index (χ0n) is 19.3. The molecular weight excluding hydrogens is 362 g/mol. The van der Waals surface area contributed by atoms with Crippen LogP contribution in [0.4, 0.5) is 5.69 Å². The number of anilines is 1. The van der Waals surface area contributed by atoms with Crippen LogP contribution in [-0.4, -0.2) is 41.4 Å². The molecule has 2 N–H and O–H groups in total. The van der Waals surface area contributed by atoms with Gasteiger partial charge in [0.25, 0.3) is 0 Å². The summed E-state index contributed by atoms with van der Waals surface area (Å²) in [5, 5.41) is 6.23. The largest absolute Gasteiger partial charge is 0.351 e. The second-order valence-electron chi connectivity index (χ2n) is 10.4. The Morgan fingerprint density at radius 2 is 1.62 bits per heavy atom. The smallest absolute Gasteiger partial charge is 0.238 e. The van der Waals surface area contributed by atoms with Crippen LogP contribution in [0.1, 0.15) is 71.4 Å². The Balaban J connectivity index is 1.87.